The zero-order chi connectivity index (χ0) is 12.3. The number of nitrogens with zero attached hydrogens (tertiary/aromatic N) is 1. The van der Waals surface area contributed by atoms with E-state index >= 15 is 0 Å². The maximum absolute atomic E-state index is 11.3. The molecule has 0 fully saturated rings. The van der Waals surface area contributed by atoms with Crippen molar-refractivity contribution in [3.63, 3.8) is 0 Å². The van der Waals surface area contributed by atoms with E-state index < -0.39 is 0 Å². The van der Waals surface area contributed by atoms with Crippen molar-refractivity contribution in [1.29, 1.82) is 0 Å². The van der Waals surface area contributed by atoms with Crippen molar-refractivity contribution in [1.82, 2.24) is 4.57 Å². The Morgan fingerprint density at radius 2 is 2.06 bits per heavy atom. The summed E-state index contributed by atoms with van der Waals surface area (Å²) in [7, 11) is 0. The van der Waals surface area contributed by atoms with E-state index in [1.807, 2.05) is 53.5 Å². The quantitative estimate of drug-likeness (QED) is 0.633. The minimum Gasteiger partial charge on any atom is -0.340 e. The Hall–Kier alpha value is -1.00. The Bertz CT molecular complexity index is 510. The smallest absolute Gasteiger partial charge is 0.147 e. The summed E-state index contributed by atoms with van der Waals surface area (Å²) in [6.45, 7) is 0. The second kappa shape index (κ2) is 5.56. The van der Waals surface area contributed by atoms with E-state index in [9.17, 15) is 4.79 Å². The highest BCUT2D eigenvalue weighted by atomic mass is 79.9. The first-order valence-electron chi connectivity index (χ1n) is 5.17. The molecule has 0 spiro atoms. The summed E-state index contributed by atoms with van der Waals surface area (Å²) in [6, 6.07) is 9.62. The van der Waals surface area contributed by atoms with Crippen molar-refractivity contribution in [3.05, 3.63) is 52.8 Å². The van der Waals surface area contributed by atoms with E-state index in [4.69, 9.17) is 0 Å². The molecular formula is C13H12BrNOS. The van der Waals surface area contributed by atoms with Crippen LogP contribution in [-0.4, -0.2) is 17.1 Å². The van der Waals surface area contributed by atoms with Gasteiger partial charge in [0, 0.05) is 21.8 Å². The first-order chi connectivity index (χ1) is 8.26. The minimum absolute atomic E-state index is 0.259. The molecule has 1 aromatic carbocycles. The van der Waals surface area contributed by atoms with Crippen molar-refractivity contribution >= 4 is 34.0 Å². The van der Waals surface area contributed by atoms with Gasteiger partial charge in [0.25, 0.3) is 0 Å². The molecule has 1 aromatic heterocycles. The van der Waals surface area contributed by atoms with Crippen LogP contribution in [0.2, 0.25) is 0 Å². The van der Waals surface area contributed by atoms with E-state index in [-0.39, 0.29) is 6.04 Å². The summed E-state index contributed by atoms with van der Waals surface area (Å²) in [5.41, 5.74) is 1.03. The molecule has 0 N–H and O–H groups in total. The van der Waals surface area contributed by atoms with Crippen molar-refractivity contribution in [3.8, 4) is 0 Å². The minimum atomic E-state index is -0.259. The molecule has 1 unspecified atom stereocenters. The van der Waals surface area contributed by atoms with Gasteiger partial charge in [0.2, 0.25) is 0 Å². The highest BCUT2D eigenvalue weighted by Gasteiger charge is 2.15. The van der Waals surface area contributed by atoms with Gasteiger partial charge in [-0.25, -0.2) is 0 Å². The Morgan fingerprint density at radius 3 is 2.65 bits per heavy atom. The van der Waals surface area contributed by atoms with Gasteiger partial charge in [-0.2, -0.15) is 0 Å². The molecule has 0 saturated carbocycles. The average Bonchev–Trinajstić information content (AvgIpc) is 2.84. The SMILES string of the molecule is CSc1ccc(Br)cc1C(C=O)n1cccc1. The van der Waals surface area contributed by atoms with Crippen LogP contribution in [-0.2, 0) is 4.79 Å². The van der Waals surface area contributed by atoms with Gasteiger partial charge >= 0.3 is 0 Å². The predicted molar refractivity (Wildman–Crippen MR) is 74.6 cm³/mol. The maximum atomic E-state index is 11.3. The monoisotopic (exact) mass is 309 g/mol. The van der Waals surface area contributed by atoms with Crippen LogP contribution in [0.25, 0.3) is 0 Å². The molecule has 0 aliphatic carbocycles. The average molecular weight is 310 g/mol. The third kappa shape index (κ3) is 2.64. The molecule has 0 aliphatic heterocycles. The van der Waals surface area contributed by atoms with Gasteiger partial charge in [-0.15, -0.1) is 11.8 Å². The molecule has 1 atom stereocenters. The third-order valence-electron chi connectivity index (χ3n) is 2.59. The molecule has 2 aromatic rings. The van der Waals surface area contributed by atoms with Crippen molar-refractivity contribution < 1.29 is 4.79 Å². The molecule has 0 amide bonds. The lowest BCUT2D eigenvalue weighted by atomic mass is 10.1. The summed E-state index contributed by atoms with van der Waals surface area (Å²) in [4.78, 5) is 12.5. The normalized spacial score (nSPS) is 12.4. The van der Waals surface area contributed by atoms with Gasteiger partial charge < -0.3 is 9.36 Å². The highest BCUT2D eigenvalue weighted by Crippen LogP contribution is 2.30. The molecule has 88 valence electrons. The first kappa shape index (κ1) is 12.5. The van der Waals surface area contributed by atoms with E-state index in [1.54, 1.807) is 11.8 Å². The number of rotatable bonds is 4. The summed E-state index contributed by atoms with van der Waals surface area (Å²) < 4.78 is 2.90. The van der Waals surface area contributed by atoms with Crippen molar-refractivity contribution in [2.75, 3.05) is 6.26 Å². The van der Waals surface area contributed by atoms with Crippen LogP contribution in [0.1, 0.15) is 11.6 Å². The van der Waals surface area contributed by atoms with Gasteiger partial charge in [0.1, 0.15) is 12.3 Å². The number of aldehydes is 1. The predicted octanol–water partition coefficient (Wildman–Crippen LogP) is 3.76. The number of hydrogen-bond acceptors (Lipinski definition) is 2. The second-order valence-corrected chi connectivity index (χ2v) is 5.36. The fraction of sp³-hybridized carbons (Fsp3) is 0.154. The number of carbonyl (C=O) groups is 1. The lowest BCUT2D eigenvalue weighted by Gasteiger charge is -2.16. The lowest BCUT2D eigenvalue weighted by molar-refractivity contribution is -0.109. The van der Waals surface area contributed by atoms with Gasteiger partial charge in [0.15, 0.2) is 0 Å². The topological polar surface area (TPSA) is 22.0 Å². The fourth-order valence-corrected chi connectivity index (χ4v) is 2.77. The standard InChI is InChI=1S/C13H12BrNOS/c1-17-13-5-4-10(14)8-11(13)12(9-16)15-6-2-3-7-15/h2-9,12H,1H3. The van der Waals surface area contributed by atoms with E-state index in [2.05, 4.69) is 15.9 Å². The van der Waals surface area contributed by atoms with Crippen LogP contribution in [0.4, 0.5) is 0 Å². The molecule has 1 heterocycles. The largest absolute Gasteiger partial charge is 0.340 e. The molecule has 2 nitrogen and oxygen atoms in total. The Labute approximate surface area is 113 Å². The van der Waals surface area contributed by atoms with Crippen LogP contribution in [0, 0.1) is 0 Å². The summed E-state index contributed by atoms with van der Waals surface area (Å²) >= 11 is 5.10. The summed E-state index contributed by atoms with van der Waals surface area (Å²) in [6.07, 6.45) is 6.81. The molecule has 0 radical (unpaired) electrons. The Balaban J connectivity index is 2.50. The van der Waals surface area contributed by atoms with Gasteiger partial charge in [-0.3, -0.25) is 0 Å². The molecule has 0 saturated heterocycles. The van der Waals surface area contributed by atoms with Gasteiger partial charge in [0.05, 0.1) is 0 Å². The molecule has 17 heavy (non-hydrogen) atoms. The molecule has 0 bridgehead atoms. The van der Waals surface area contributed by atoms with Crippen molar-refractivity contribution in [2.45, 2.75) is 10.9 Å². The first-order valence-corrected chi connectivity index (χ1v) is 7.19. The summed E-state index contributed by atoms with van der Waals surface area (Å²) in [5, 5.41) is 0. The van der Waals surface area contributed by atoms with E-state index in [1.165, 1.54) is 0 Å². The van der Waals surface area contributed by atoms with Crippen LogP contribution in [0.3, 0.4) is 0 Å². The Kier molecular flexibility index (Phi) is 4.07. The zero-order valence-electron chi connectivity index (χ0n) is 9.34. The number of thioether (sulfide) groups is 1. The molecule has 0 aliphatic rings. The summed E-state index contributed by atoms with van der Waals surface area (Å²) in [5.74, 6) is 0. The maximum Gasteiger partial charge on any atom is 0.147 e. The van der Waals surface area contributed by atoms with Crippen LogP contribution < -0.4 is 0 Å². The fourth-order valence-electron chi connectivity index (χ4n) is 1.77. The zero-order valence-corrected chi connectivity index (χ0v) is 11.7. The lowest BCUT2D eigenvalue weighted by Crippen LogP contribution is -2.11. The van der Waals surface area contributed by atoms with E-state index in [0.717, 1.165) is 21.2 Å². The number of carbonyl (C=O) groups excluding carboxylic acids is 1. The van der Waals surface area contributed by atoms with Gasteiger partial charge in [-0.05, 0) is 42.2 Å². The highest BCUT2D eigenvalue weighted by molar-refractivity contribution is 9.10. The van der Waals surface area contributed by atoms with Gasteiger partial charge in [-0.1, -0.05) is 15.9 Å². The molecule has 2 rings (SSSR count). The second-order valence-electron chi connectivity index (χ2n) is 3.60. The number of benzene rings is 1. The van der Waals surface area contributed by atoms with Crippen LogP contribution >= 0.6 is 27.7 Å². The Morgan fingerprint density at radius 1 is 1.35 bits per heavy atom. The third-order valence-corrected chi connectivity index (χ3v) is 3.89. The van der Waals surface area contributed by atoms with Crippen LogP contribution in [0.15, 0.2) is 52.1 Å². The molecule has 4 heteroatoms. The van der Waals surface area contributed by atoms with Crippen LogP contribution in [0.5, 0.6) is 0 Å². The van der Waals surface area contributed by atoms with E-state index in [0.29, 0.717) is 0 Å². The number of hydrogen-bond donors (Lipinski definition) is 0. The number of aromatic nitrogens is 1. The molecular weight excluding hydrogens is 298 g/mol. The van der Waals surface area contributed by atoms with Crippen molar-refractivity contribution in [2.24, 2.45) is 0 Å². The number of halogens is 1.